The minimum atomic E-state index is -0.0300. The molecule has 138 valence electrons. The molecule has 6 heteroatoms. The number of nitrogens with one attached hydrogen (secondary N) is 1. The van der Waals surface area contributed by atoms with Gasteiger partial charge in [-0.05, 0) is 61.7 Å². The summed E-state index contributed by atoms with van der Waals surface area (Å²) in [6.45, 7) is 0.733. The Bertz CT molecular complexity index is 905. The molecular weight excluding hydrogens is 340 g/mol. The smallest absolute Gasteiger partial charge is 0.272 e. The van der Waals surface area contributed by atoms with Crippen LogP contribution in [-0.4, -0.2) is 39.6 Å². The van der Waals surface area contributed by atoms with Crippen LogP contribution < -0.4 is 4.74 Å². The van der Waals surface area contributed by atoms with Crippen molar-refractivity contribution in [3.05, 3.63) is 66.1 Å². The summed E-state index contributed by atoms with van der Waals surface area (Å²) in [7, 11) is 1.64. The van der Waals surface area contributed by atoms with Gasteiger partial charge in [-0.1, -0.05) is 6.07 Å². The number of ether oxygens (including phenoxy) is 1. The first-order valence-electron chi connectivity index (χ1n) is 9.18. The number of carbonyl (C=O) groups is 1. The van der Waals surface area contributed by atoms with E-state index in [-0.39, 0.29) is 11.9 Å². The third kappa shape index (κ3) is 3.56. The monoisotopic (exact) mass is 362 g/mol. The third-order valence-electron chi connectivity index (χ3n) is 4.99. The van der Waals surface area contributed by atoms with Crippen LogP contribution >= 0.6 is 0 Å². The SMILES string of the molecule is COc1ccc(-c2cc(C(=O)N3CCCC[C@H]3c3ccccn3)[nH]n2)cc1. The number of likely N-dealkylation sites (tertiary alicyclic amines) is 1. The number of piperidine rings is 1. The van der Waals surface area contributed by atoms with Crippen molar-refractivity contribution in [2.75, 3.05) is 13.7 Å². The molecule has 4 rings (SSSR count). The zero-order chi connectivity index (χ0) is 18.6. The second kappa shape index (κ2) is 7.61. The van der Waals surface area contributed by atoms with E-state index < -0.39 is 0 Å². The molecule has 3 heterocycles. The largest absolute Gasteiger partial charge is 0.497 e. The number of benzene rings is 1. The first kappa shape index (κ1) is 17.3. The Morgan fingerprint density at radius 2 is 2.04 bits per heavy atom. The van der Waals surface area contributed by atoms with E-state index in [1.807, 2.05) is 53.4 Å². The van der Waals surface area contributed by atoms with Crippen LogP contribution in [0.1, 0.15) is 41.5 Å². The van der Waals surface area contributed by atoms with Crippen LogP contribution in [0.4, 0.5) is 0 Å². The number of carbonyl (C=O) groups excluding carboxylic acids is 1. The van der Waals surface area contributed by atoms with Gasteiger partial charge in [0, 0.05) is 18.3 Å². The fourth-order valence-corrected chi connectivity index (χ4v) is 3.55. The molecule has 1 N–H and O–H groups in total. The van der Waals surface area contributed by atoms with Gasteiger partial charge in [-0.15, -0.1) is 0 Å². The van der Waals surface area contributed by atoms with Crippen LogP contribution in [0, 0.1) is 0 Å². The summed E-state index contributed by atoms with van der Waals surface area (Å²) in [5, 5.41) is 7.24. The molecule has 1 amide bonds. The van der Waals surface area contributed by atoms with Gasteiger partial charge in [0.1, 0.15) is 11.4 Å². The lowest BCUT2D eigenvalue weighted by Gasteiger charge is -2.35. The average Bonchev–Trinajstić information content (AvgIpc) is 3.24. The minimum Gasteiger partial charge on any atom is -0.497 e. The number of aromatic nitrogens is 3. The summed E-state index contributed by atoms with van der Waals surface area (Å²) in [4.78, 5) is 19.5. The molecule has 1 aromatic carbocycles. The Labute approximate surface area is 158 Å². The highest BCUT2D eigenvalue weighted by atomic mass is 16.5. The summed E-state index contributed by atoms with van der Waals surface area (Å²) in [6.07, 6.45) is 4.83. The molecule has 1 saturated heterocycles. The fourth-order valence-electron chi connectivity index (χ4n) is 3.55. The van der Waals surface area contributed by atoms with Gasteiger partial charge in [-0.25, -0.2) is 0 Å². The summed E-state index contributed by atoms with van der Waals surface area (Å²) in [6, 6.07) is 15.3. The first-order chi connectivity index (χ1) is 13.3. The van der Waals surface area contributed by atoms with Crippen molar-refractivity contribution >= 4 is 5.91 Å². The lowest BCUT2D eigenvalue weighted by Crippen LogP contribution is -2.39. The van der Waals surface area contributed by atoms with Crippen molar-refractivity contribution in [2.45, 2.75) is 25.3 Å². The van der Waals surface area contributed by atoms with Crippen molar-refractivity contribution in [1.29, 1.82) is 0 Å². The maximum atomic E-state index is 13.1. The quantitative estimate of drug-likeness (QED) is 0.765. The molecule has 0 bridgehead atoms. The Hall–Kier alpha value is -3.15. The Morgan fingerprint density at radius 3 is 2.78 bits per heavy atom. The molecule has 3 aromatic rings. The topological polar surface area (TPSA) is 71.1 Å². The summed E-state index contributed by atoms with van der Waals surface area (Å²) >= 11 is 0. The van der Waals surface area contributed by atoms with E-state index in [1.54, 1.807) is 13.3 Å². The van der Waals surface area contributed by atoms with Crippen molar-refractivity contribution in [3.8, 4) is 17.0 Å². The summed E-state index contributed by atoms with van der Waals surface area (Å²) < 4.78 is 5.19. The van der Waals surface area contributed by atoms with E-state index in [9.17, 15) is 4.79 Å². The number of aromatic amines is 1. The van der Waals surface area contributed by atoms with E-state index in [0.717, 1.165) is 48.5 Å². The number of amides is 1. The molecular formula is C21H22N4O2. The highest BCUT2D eigenvalue weighted by Crippen LogP contribution is 2.31. The number of pyridine rings is 1. The lowest BCUT2D eigenvalue weighted by atomic mass is 9.98. The molecule has 1 aliphatic heterocycles. The van der Waals surface area contributed by atoms with Gasteiger partial charge in [-0.2, -0.15) is 5.10 Å². The van der Waals surface area contributed by atoms with Gasteiger partial charge in [0.15, 0.2) is 0 Å². The number of hydrogen-bond acceptors (Lipinski definition) is 4. The van der Waals surface area contributed by atoms with Crippen LogP contribution in [-0.2, 0) is 0 Å². The second-order valence-electron chi connectivity index (χ2n) is 6.66. The zero-order valence-corrected chi connectivity index (χ0v) is 15.3. The molecule has 0 aliphatic carbocycles. The standard InChI is InChI=1S/C21H22N4O2/c1-27-16-10-8-15(9-11-16)18-14-19(24-23-18)21(26)25-13-5-3-7-20(25)17-6-2-4-12-22-17/h2,4,6,8-12,14,20H,3,5,7,13H2,1H3,(H,23,24)/t20-/m0/s1. The van der Waals surface area contributed by atoms with Gasteiger partial charge in [0.25, 0.3) is 5.91 Å². The molecule has 27 heavy (non-hydrogen) atoms. The Kier molecular flexibility index (Phi) is 4.87. The number of H-pyrrole nitrogens is 1. The van der Waals surface area contributed by atoms with Crippen LogP contribution in [0.2, 0.25) is 0 Å². The molecule has 2 aromatic heterocycles. The third-order valence-corrected chi connectivity index (χ3v) is 4.99. The van der Waals surface area contributed by atoms with Crippen molar-refractivity contribution in [1.82, 2.24) is 20.1 Å². The predicted molar refractivity (Wildman–Crippen MR) is 102 cm³/mol. The molecule has 0 spiro atoms. The second-order valence-corrected chi connectivity index (χ2v) is 6.66. The average molecular weight is 362 g/mol. The normalized spacial score (nSPS) is 16.9. The molecule has 0 saturated carbocycles. The van der Waals surface area contributed by atoms with Crippen molar-refractivity contribution in [3.63, 3.8) is 0 Å². The van der Waals surface area contributed by atoms with Crippen molar-refractivity contribution in [2.24, 2.45) is 0 Å². The van der Waals surface area contributed by atoms with E-state index in [0.29, 0.717) is 5.69 Å². The van der Waals surface area contributed by atoms with Crippen LogP contribution in [0.15, 0.2) is 54.7 Å². The maximum Gasteiger partial charge on any atom is 0.272 e. The Morgan fingerprint density at radius 1 is 1.19 bits per heavy atom. The van der Waals surface area contributed by atoms with Gasteiger partial charge in [0.2, 0.25) is 0 Å². The Balaban J connectivity index is 1.57. The number of hydrogen-bond donors (Lipinski definition) is 1. The van der Waals surface area contributed by atoms with E-state index in [4.69, 9.17) is 4.74 Å². The zero-order valence-electron chi connectivity index (χ0n) is 15.3. The highest BCUT2D eigenvalue weighted by molar-refractivity contribution is 5.93. The van der Waals surface area contributed by atoms with Gasteiger partial charge < -0.3 is 9.64 Å². The molecule has 6 nitrogen and oxygen atoms in total. The lowest BCUT2D eigenvalue weighted by molar-refractivity contribution is 0.0600. The van der Waals surface area contributed by atoms with E-state index in [2.05, 4.69) is 15.2 Å². The maximum absolute atomic E-state index is 13.1. The summed E-state index contributed by atoms with van der Waals surface area (Å²) in [5.41, 5.74) is 3.13. The summed E-state index contributed by atoms with van der Waals surface area (Å²) in [5.74, 6) is 0.759. The molecule has 1 aliphatic rings. The molecule has 0 unspecified atom stereocenters. The van der Waals surface area contributed by atoms with Gasteiger partial charge >= 0.3 is 0 Å². The predicted octanol–water partition coefficient (Wildman–Crippen LogP) is 3.85. The number of rotatable bonds is 4. The van der Waals surface area contributed by atoms with Crippen LogP contribution in [0.5, 0.6) is 5.75 Å². The molecule has 0 radical (unpaired) electrons. The number of methoxy groups -OCH3 is 1. The van der Waals surface area contributed by atoms with Gasteiger partial charge in [0.05, 0.1) is 24.5 Å². The minimum absolute atomic E-state index is 0.0141. The van der Waals surface area contributed by atoms with E-state index in [1.165, 1.54) is 0 Å². The van der Waals surface area contributed by atoms with Crippen molar-refractivity contribution < 1.29 is 9.53 Å². The van der Waals surface area contributed by atoms with Gasteiger partial charge in [-0.3, -0.25) is 14.9 Å². The van der Waals surface area contributed by atoms with Crippen LogP contribution in [0.25, 0.3) is 11.3 Å². The molecule has 1 atom stereocenters. The highest BCUT2D eigenvalue weighted by Gasteiger charge is 2.30. The van der Waals surface area contributed by atoms with E-state index >= 15 is 0 Å². The first-order valence-corrected chi connectivity index (χ1v) is 9.18. The number of nitrogens with zero attached hydrogens (tertiary/aromatic N) is 3. The van der Waals surface area contributed by atoms with Crippen LogP contribution in [0.3, 0.4) is 0 Å². The molecule has 1 fully saturated rings. The fraction of sp³-hybridized carbons (Fsp3) is 0.286.